The predicted octanol–water partition coefficient (Wildman–Crippen LogP) is 2.61. The highest BCUT2D eigenvalue weighted by Crippen LogP contribution is 2.31. The maximum atomic E-state index is 13.1. The number of amides is 1. The zero-order chi connectivity index (χ0) is 21.2. The molecule has 0 saturated heterocycles. The molecule has 7 heteroatoms. The summed E-state index contributed by atoms with van der Waals surface area (Å²) in [6.07, 6.45) is 5.08. The number of sulfonamides is 1. The summed E-state index contributed by atoms with van der Waals surface area (Å²) in [4.78, 5) is 14.8. The lowest BCUT2D eigenvalue weighted by molar-refractivity contribution is -0.117. The van der Waals surface area contributed by atoms with Crippen LogP contribution in [0.2, 0.25) is 0 Å². The van der Waals surface area contributed by atoms with Gasteiger partial charge in [-0.2, -0.15) is 0 Å². The highest BCUT2D eigenvalue weighted by molar-refractivity contribution is 7.90. The minimum Gasteiger partial charge on any atom is -0.351 e. The number of nitrogens with one attached hydrogen (secondary N) is 1. The Morgan fingerprint density at radius 3 is 2.27 bits per heavy atom. The predicted molar refractivity (Wildman–Crippen MR) is 117 cm³/mol. The number of fused-ring (bicyclic) bond motifs is 1. The van der Waals surface area contributed by atoms with E-state index in [2.05, 4.69) is 16.6 Å². The van der Waals surface area contributed by atoms with Gasteiger partial charge in [-0.3, -0.25) is 4.79 Å². The van der Waals surface area contributed by atoms with Gasteiger partial charge in [-0.15, -0.1) is 4.40 Å². The Morgan fingerprint density at radius 2 is 1.67 bits per heavy atom. The van der Waals surface area contributed by atoms with E-state index >= 15 is 0 Å². The number of benzene rings is 2. The van der Waals surface area contributed by atoms with Crippen LogP contribution < -0.4 is 5.32 Å². The maximum absolute atomic E-state index is 13.1. The molecule has 0 spiro atoms. The van der Waals surface area contributed by atoms with Gasteiger partial charge in [-0.05, 0) is 30.2 Å². The molecule has 2 aliphatic heterocycles. The van der Waals surface area contributed by atoms with Gasteiger partial charge in [0.15, 0.2) is 5.84 Å². The molecule has 0 fully saturated rings. The number of hydrogen-bond acceptors (Lipinski definition) is 4. The molecule has 1 amide bonds. The number of carbonyl (C=O) groups is 1. The van der Waals surface area contributed by atoms with Crippen molar-refractivity contribution in [1.82, 2.24) is 10.2 Å². The minimum atomic E-state index is -3.56. The third kappa shape index (κ3) is 3.93. The fourth-order valence-corrected chi connectivity index (χ4v) is 4.71. The largest absolute Gasteiger partial charge is 0.351 e. The number of hydrogen-bond donors (Lipinski definition) is 1. The van der Waals surface area contributed by atoms with E-state index in [1.165, 1.54) is 0 Å². The molecule has 0 aromatic heterocycles. The van der Waals surface area contributed by atoms with Gasteiger partial charge < -0.3 is 10.2 Å². The first-order valence-electron chi connectivity index (χ1n) is 9.76. The van der Waals surface area contributed by atoms with Crippen molar-refractivity contribution in [3.05, 3.63) is 95.7 Å². The van der Waals surface area contributed by atoms with Crippen molar-refractivity contribution in [1.29, 1.82) is 0 Å². The summed E-state index contributed by atoms with van der Waals surface area (Å²) in [7, 11) is -3.56. The SMILES string of the molecule is CC(CNC(=O)C1=CC=CN2CCS(=O)(=O)N=C12)(c1ccccc1)c1ccccc1. The van der Waals surface area contributed by atoms with Crippen LogP contribution in [0.25, 0.3) is 0 Å². The van der Waals surface area contributed by atoms with Crippen LogP contribution in [-0.2, 0) is 20.2 Å². The van der Waals surface area contributed by atoms with Gasteiger partial charge in [0, 0.05) is 24.7 Å². The molecule has 0 unspecified atom stereocenters. The van der Waals surface area contributed by atoms with Crippen LogP contribution in [0.3, 0.4) is 0 Å². The molecule has 30 heavy (non-hydrogen) atoms. The monoisotopic (exact) mass is 421 g/mol. The topological polar surface area (TPSA) is 78.8 Å². The van der Waals surface area contributed by atoms with E-state index in [9.17, 15) is 13.2 Å². The van der Waals surface area contributed by atoms with Crippen molar-refractivity contribution in [3.63, 3.8) is 0 Å². The average Bonchev–Trinajstić information content (AvgIpc) is 2.77. The Morgan fingerprint density at radius 1 is 1.07 bits per heavy atom. The summed E-state index contributed by atoms with van der Waals surface area (Å²) >= 11 is 0. The highest BCUT2D eigenvalue weighted by Gasteiger charge is 2.33. The maximum Gasteiger partial charge on any atom is 0.256 e. The van der Waals surface area contributed by atoms with E-state index in [-0.39, 0.29) is 29.6 Å². The van der Waals surface area contributed by atoms with E-state index in [0.717, 1.165) is 11.1 Å². The van der Waals surface area contributed by atoms with Crippen LogP contribution in [0, 0.1) is 0 Å². The van der Waals surface area contributed by atoms with Crippen LogP contribution in [0.1, 0.15) is 18.1 Å². The van der Waals surface area contributed by atoms with Crippen molar-refractivity contribution >= 4 is 21.8 Å². The zero-order valence-corrected chi connectivity index (χ0v) is 17.5. The number of rotatable bonds is 5. The quantitative estimate of drug-likeness (QED) is 0.805. The number of amidine groups is 1. The van der Waals surface area contributed by atoms with Crippen LogP contribution >= 0.6 is 0 Å². The summed E-state index contributed by atoms with van der Waals surface area (Å²) in [5, 5.41) is 3.01. The Balaban J connectivity index is 1.62. The van der Waals surface area contributed by atoms with Gasteiger partial charge in [0.1, 0.15) is 0 Å². The molecule has 154 valence electrons. The Hall–Kier alpha value is -3.19. The molecule has 4 rings (SSSR count). The third-order valence-electron chi connectivity index (χ3n) is 5.53. The third-order valence-corrected chi connectivity index (χ3v) is 6.68. The van der Waals surface area contributed by atoms with Crippen LogP contribution in [0.5, 0.6) is 0 Å². The lowest BCUT2D eigenvalue weighted by Crippen LogP contribution is -2.45. The summed E-state index contributed by atoms with van der Waals surface area (Å²) in [5.41, 5.74) is 1.95. The van der Waals surface area contributed by atoms with Gasteiger partial charge in [0.25, 0.3) is 15.9 Å². The normalized spacial score (nSPS) is 17.6. The first-order valence-corrected chi connectivity index (χ1v) is 11.4. The van der Waals surface area contributed by atoms with E-state index in [0.29, 0.717) is 6.54 Å². The van der Waals surface area contributed by atoms with E-state index in [1.54, 1.807) is 23.3 Å². The first kappa shape index (κ1) is 20.1. The Bertz CT molecular complexity index is 1100. The summed E-state index contributed by atoms with van der Waals surface area (Å²) in [6, 6.07) is 20.0. The first-order chi connectivity index (χ1) is 14.4. The zero-order valence-electron chi connectivity index (χ0n) is 16.7. The van der Waals surface area contributed by atoms with Crippen molar-refractivity contribution < 1.29 is 13.2 Å². The summed E-state index contributed by atoms with van der Waals surface area (Å²) < 4.78 is 27.8. The van der Waals surface area contributed by atoms with Gasteiger partial charge in [0.2, 0.25) is 0 Å². The summed E-state index contributed by atoms with van der Waals surface area (Å²) in [5.74, 6) is -0.226. The average molecular weight is 422 g/mol. The fourth-order valence-electron chi connectivity index (χ4n) is 3.73. The molecular formula is C23H23N3O3S. The lowest BCUT2D eigenvalue weighted by Gasteiger charge is -2.32. The summed E-state index contributed by atoms with van der Waals surface area (Å²) in [6.45, 7) is 2.72. The standard InChI is InChI=1S/C23H23N3O3S/c1-23(18-9-4-2-5-10-18,19-11-6-3-7-12-19)17-24-22(27)20-13-8-14-26-15-16-30(28,29)25-21(20)26/h2-14H,15-17H2,1H3,(H,24,27). The Kier molecular flexibility index (Phi) is 5.30. The number of allylic oxidation sites excluding steroid dienone is 2. The molecule has 0 atom stereocenters. The second kappa shape index (κ2) is 7.91. The molecule has 2 aromatic carbocycles. The molecule has 0 radical (unpaired) electrons. The second-order valence-corrected chi connectivity index (χ2v) is 9.32. The Labute approximate surface area is 176 Å². The van der Waals surface area contributed by atoms with Gasteiger partial charge in [0.05, 0.1) is 11.3 Å². The molecule has 2 aliphatic rings. The molecule has 0 saturated carbocycles. The van der Waals surface area contributed by atoms with E-state index < -0.39 is 15.4 Å². The van der Waals surface area contributed by atoms with Gasteiger partial charge >= 0.3 is 0 Å². The van der Waals surface area contributed by atoms with Crippen molar-refractivity contribution in [2.45, 2.75) is 12.3 Å². The lowest BCUT2D eigenvalue weighted by atomic mass is 9.76. The van der Waals surface area contributed by atoms with E-state index in [1.807, 2.05) is 60.7 Å². The molecule has 0 bridgehead atoms. The number of carbonyl (C=O) groups excluding carboxylic acids is 1. The van der Waals surface area contributed by atoms with Gasteiger partial charge in [-0.1, -0.05) is 60.7 Å². The van der Waals surface area contributed by atoms with Crippen molar-refractivity contribution in [2.75, 3.05) is 18.8 Å². The molecule has 6 nitrogen and oxygen atoms in total. The second-order valence-electron chi connectivity index (χ2n) is 7.56. The molecular weight excluding hydrogens is 398 g/mol. The highest BCUT2D eigenvalue weighted by atomic mass is 32.2. The van der Waals surface area contributed by atoms with Crippen LogP contribution in [0.4, 0.5) is 0 Å². The fraction of sp³-hybridized carbons (Fsp3) is 0.217. The van der Waals surface area contributed by atoms with Crippen molar-refractivity contribution in [3.8, 4) is 0 Å². The minimum absolute atomic E-state index is 0.0597. The van der Waals surface area contributed by atoms with Gasteiger partial charge in [-0.25, -0.2) is 8.42 Å². The number of nitrogens with zero attached hydrogens (tertiary/aromatic N) is 2. The van der Waals surface area contributed by atoms with Crippen molar-refractivity contribution in [2.24, 2.45) is 4.40 Å². The van der Waals surface area contributed by atoms with E-state index in [4.69, 9.17) is 0 Å². The molecule has 1 N–H and O–H groups in total. The van der Waals surface area contributed by atoms with Crippen LogP contribution in [-0.4, -0.2) is 43.9 Å². The smallest absolute Gasteiger partial charge is 0.256 e. The van der Waals surface area contributed by atoms with Crippen LogP contribution in [0.15, 0.2) is 89.0 Å². The molecule has 0 aliphatic carbocycles. The molecule has 2 aromatic rings. The molecule has 2 heterocycles.